The molecule has 1 rings (SSSR count). The molecule has 0 aliphatic carbocycles. The largest absolute Gasteiger partial charge is 0.477 e. The Morgan fingerprint density at radius 2 is 2.20 bits per heavy atom. The number of carboxylic acid groups (broad SMARTS) is 1. The van der Waals surface area contributed by atoms with Gasteiger partial charge in [-0.3, -0.25) is 4.79 Å². The van der Waals surface area contributed by atoms with Crippen molar-refractivity contribution in [2.75, 3.05) is 0 Å². The summed E-state index contributed by atoms with van der Waals surface area (Å²) in [5, 5.41) is 8.89. The van der Waals surface area contributed by atoms with Crippen molar-refractivity contribution in [3.8, 4) is 0 Å². The number of carboxylic acids is 1. The first-order chi connectivity index (χ1) is 6.99. The molecule has 0 amide bonds. The Hall–Kier alpha value is -1.84. The molecule has 1 heterocycles. The summed E-state index contributed by atoms with van der Waals surface area (Å²) in [7, 11) is 0. The predicted molar refractivity (Wildman–Crippen MR) is 57.3 cm³/mol. The molecular formula is C11H13NO3. The highest BCUT2D eigenvalue weighted by Crippen LogP contribution is 2.06. The van der Waals surface area contributed by atoms with E-state index in [9.17, 15) is 9.59 Å². The van der Waals surface area contributed by atoms with Crippen LogP contribution in [0.5, 0.6) is 0 Å². The number of pyridine rings is 1. The maximum absolute atomic E-state index is 11.8. The summed E-state index contributed by atoms with van der Waals surface area (Å²) in [5.74, 6) is -1.18. The SMILES string of the molecule is C=CCn1c(C)cc(C)c(C(=O)O)c1=O. The lowest BCUT2D eigenvalue weighted by Gasteiger charge is -2.10. The molecule has 4 heteroatoms. The zero-order valence-electron chi connectivity index (χ0n) is 8.78. The third kappa shape index (κ3) is 1.98. The van der Waals surface area contributed by atoms with E-state index in [-0.39, 0.29) is 5.56 Å². The highest BCUT2D eigenvalue weighted by molar-refractivity contribution is 5.88. The molecule has 0 atom stereocenters. The average molecular weight is 207 g/mol. The summed E-state index contributed by atoms with van der Waals surface area (Å²) >= 11 is 0. The molecule has 15 heavy (non-hydrogen) atoms. The average Bonchev–Trinajstić information content (AvgIpc) is 2.11. The molecule has 0 aromatic carbocycles. The molecular weight excluding hydrogens is 194 g/mol. The Morgan fingerprint density at radius 1 is 1.60 bits per heavy atom. The standard InChI is InChI=1S/C11H13NO3/c1-4-5-12-8(3)6-7(2)9(10(12)13)11(14)15/h4,6H,1,5H2,2-3H3,(H,14,15). The van der Waals surface area contributed by atoms with Gasteiger partial charge in [0, 0.05) is 12.2 Å². The lowest BCUT2D eigenvalue weighted by Crippen LogP contribution is -2.28. The van der Waals surface area contributed by atoms with Crippen LogP contribution in [-0.4, -0.2) is 15.6 Å². The van der Waals surface area contributed by atoms with Crippen molar-refractivity contribution < 1.29 is 9.90 Å². The maximum atomic E-state index is 11.8. The van der Waals surface area contributed by atoms with Crippen molar-refractivity contribution in [3.63, 3.8) is 0 Å². The van der Waals surface area contributed by atoms with Crippen LogP contribution in [0.2, 0.25) is 0 Å². The van der Waals surface area contributed by atoms with Crippen LogP contribution in [0.25, 0.3) is 0 Å². The van der Waals surface area contributed by atoms with Gasteiger partial charge in [-0.15, -0.1) is 6.58 Å². The zero-order chi connectivity index (χ0) is 11.6. The Kier molecular flexibility index (Phi) is 3.09. The summed E-state index contributed by atoms with van der Waals surface area (Å²) in [5.41, 5.74) is 0.593. The van der Waals surface area contributed by atoms with Gasteiger partial charge in [0.2, 0.25) is 0 Å². The molecule has 0 radical (unpaired) electrons. The van der Waals surface area contributed by atoms with Gasteiger partial charge in [-0.1, -0.05) is 6.08 Å². The molecule has 80 valence electrons. The van der Waals surface area contributed by atoms with Crippen LogP contribution < -0.4 is 5.56 Å². The van der Waals surface area contributed by atoms with E-state index in [1.807, 2.05) is 0 Å². The lowest BCUT2D eigenvalue weighted by atomic mass is 10.1. The second kappa shape index (κ2) is 4.13. The van der Waals surface area contributed by atoms with Crippen molar-refractivity contribution in [2.24, 2.45) is 0 Å². The first-order valence-corrected chi connectivity index (χ1v) is 4.54. The van der Waals surface area contributed by atoms with Crippen molar-refractivity contribution in [2.45, 2.75) is 20.4 Å². The van der Waals surface area contributed by atoms with Gasteiger partial charge >= 0.3 is 5.97 Å². The van der Waals surface area contributed by atoms with Crippen molar-refractivity contribution in [3.05, 3.63) is 45.9 Å². The number of hydrogen-bond acceptors (Lipinski definition) is 2. The molecule has 0 aliphatic rings. The Balaban J connectivity index is 3.56. The zero-order valence-corrected chi connectivity index (χ0v) is 8.78. The van der Waals surface area contributed by atoms with Crippen LogP contribution in [0, 0.1) is 13.8 Å². The second-order valence-corrected chi connectivity index (χ2v) is 3.35. The molecule has 0 saturated carbocycles. The fourth-order valence-corrected chi connectivity index (χ4v) is 1.54. The van der Waals surface area contributed by atoms with E-state index in [2.05, 4.69) is 6.58 Å². The van der Waals surface area contributed by atoms with Crippen LogP contribution >= 0.6 is 0 Å². The molecule has 1 N–H and O–H groups in total. The van der Waals surface area contributed by atoms with Crippen molar-refractivity contribution in [1.82, 2.24) is 4.57 Å². The van der Waals surface area contributed by atoms with Crippen molar-refractivity contribution >= 4 is 5.97 Å². The molecule has 1 aromatic rings. The van der Waals surface area contributed by atoms with Gasteiger partial charge < -0.3 is 9.67 Å². The van der Waals surface area contributed by atoms with Crippen LogP contribution in [0.1, 0.15) is 21.6 Å². The minimum absolute atomic E-state index is 0.164. The Labute approximate surface area is 87.5 Å². The monoisotopic (exact) mass is 207 g/mol. The molecule has 0 aliphatic heterocycles. The number of nitrogens with zero attached hydrogens (tertiary/aromatic N) is 1. The van der Waals surface area contributed by atoms with Gasteiger partial charge in [0.1, 0.15) is 5.56 Å². The Bertz CT molecular complexity index is 471. The van der Waals surface area contributed by atoms with Crippen LogP contribution in [0.4, 0.5) is 0 Å². The number of hydrogen-bond donors (Lipinski definition) is 1. The topological polar surface area (TPSA) is 59.3 Å². The highest BCUT2D eigenvalue weighted by Gasteiger charge is 2.15. The first kappa shape index (κ1) is 11.2. The fourth-order valence-electron chi connectivity index (χ4n) is 1.54. The lowest BCUT2D eigenvalue weighted by molar-refractivity contribution is 0.0693. The molecule has 4 nitrogen and oxygen atoms in total. The summed E-state index contributed by atoms with van der Waals surface area (Å²) in [4.78, 5) is 22.6. The fraction of sp³-hybridized carbons (Fsp3) is 0.273. The smallest absolute Gasteiger partial charge is 0.341 e. The van der Waals surface area contributed by atoms with E-state index >= 15 is 0 Å². The number of allylic oxidation sites excluding steroid dienone is 1. The van der Waals surface area contributed by atoms with Crippen LogP contribution in [0.3, 0.4) is 0 Å². The quantitative estimate of drug-likeness (QED) is 0.761. The summed E-state index contributed by atoms with van der Waals surface area (Å²) in [6, 6.07) is 1.69. The number of carbonyl (C=O) groups is 1. The van der Waals surface area contributed by atoms with Gasteiger partial charge in [0.25, 0.3) is 5.56 Å². The third-order valence-corrected chi connectivity index (χ3v) is 2.23. The summed E-state index contributed by atoms with van der Waals surface area (Å²) in [6.07, 6.45) is 1.56. The molecule has 0 spiro atoms. The molecule has 1 aromatic heterocycles. The van der Waals surface area contributed by atoms with Gasteiger partial charge in [-0.25, -0.2) is 4.79 Å². The van der Waals surface area contributed by atoms with E-state index in [0.717, 1.165) is 5.69 Å². The molecule has 0 saturated heterocycles. The number of rotatable bonds is 3. The second-order valence-electron chi connectivity index (χ2n) is 3.35. The van der Waals surface area contributed by atoms with Crippen LogP contribution in [0.15, 0.2) is 23.5 Å². The van der Waals surface area contributed by atoms with Gasteiger partial charge in [-0.2, -0.15) is 0 Å². The van der Waals surface area contributed by atoms with Crippen LogP contribution in [-0.2, 0) is 6.54 Å². The number of aromatic nitrogens is 1. The van der Waals surface area contributed by atoms with E-state index in [0.29, 0.717) is 12.1 Å². The normalized spacial score (nSPS) is 10.0. The van der Waals surface area contributed by atoms with Gasteiger partial charge in [-0.05, 0) is 25.5 Å². The van der Waals surface area contributed by atoms with Gasteiger partial charge in [0.15, 0.2) is 0 Å². The van der Waals surface area contributed by atoms with E-state index in [4.69, 9.17) is 5.11 Å². The minimum Gasteiger partial charge on any atom is -0.477 e. The predicted octanol–water partition coefficient (Wildman–Crippen LogP) is 1.35. The molecule has 0 fully saturated rings. The van der Waals surface area contributed by atoms with E-state index in [1.165, 1.54) is 4.57 Å². The number of aromatic carboxylic acids is 1. The van der Waals surface area contributed by atoms with E-state index < -0.39 is 11.5 Å². The highest BCUT2D eigenvalue weighted by atomic mass is 16.4. The van der Waals surface area contributed by atoms with Crippen molar-refractivity contribution in [1.29, 1.82) is 0 Å². The maximum Gasteiger partial charge on any atom is 0.341 e. The minimum atomic E-state index is -1.18. The first-order valence-electron chi connectivity index (χ1n) is 4.54. The Morgan fingerprint density at radius 3 is 2.67 bits per heavy atom. The third-order valence-electron chi connectivity index (χ3n) is 2.23. The molecule has 0 unspecified atom stereocenters. The number of aryl methyl sites for hydroxylation is 2. The van der Waals surface area contributed by atoms with Gasteiger partial charge in [0.05, 0.1) is 0 Å². The molecule has 0 bridgehead atoms. The van der Waals surface area contributed by atoms with E-state index in [1.54, 1.807) is 26.0 Å². The summed E-state index contributed by atoms with van der Waals surface area (Å²) in [6.45, 7) is 7.24. The summed E-state index contributed by atoms with van der Waals surface area (Å²) < 4.78 is 1.39.